The van der Waals surface area contributed by atoms with Crippen LogP contribution in [0.1, 0.15) is 19.8 Å². The average molecular weight is 199 g/mol. The molecule has 1 aliphatic heterocycles. The van der Waals surface area contributed by atoms with Crippen molar-refractivity contribution in [2.75, 3.05) is 33.9 Å². The van der Waals surface area contributed by atoms with Crippen molar-refractivity contribution in [2.24, 2.45) is 0 Å². The first kappa shape index (κ1) is 11.5. The first-order chi connectivity index (χ1) is 6.65. The first-order valence-corrected chi connectivity index (χ1v) is 5.32. The third-order valence-corrected chi connectivity index (χ3v) is 2.58. The van der Waals surface area contributed by atoms with E-state index in [1.807, 2.05) is 11.8 Å². The van der Waals surface area contributed by atoms with Crippen LogP contribution in [0.5, 0.6) is 0 Å². The maximum atomic E-state index is 11.7. The smallest absolute Gasteiger partial charge is 0.240 e. The fourth-order valence-corrected chi connectivity index (χ4v) is 1.69. The van der Waals surface area contributed by atoms with Crippen LogP contribution in [0.4, 0.5) is 0 Å². The second-order valence-corrected chi connectivity index (χ2v) is 4.08. The molecule has 1 heterocycles. The van der Waals surface area contributed by atoms with Gasteiger partial charge < -0.3 is 9.80 Å². The maximum Gasteiger partial charge on any atom is 0.240 e. The topological polar surface area (TPSA) is 35.6 Å². The zero-order chi connectivity index (χ0) is 10.6. The van der Waals surface area contributed by atoms with E-state index in [2.05, 4.69) is 24.3 Å². The van der Waals surface area contributed by atoms with Crippen LogP contribution in [-0.4, -0.2) is 55.6 Å². The second-order valence-electron chi connectivity index (χ2n) is 4.08. The van der Waals surface area contributed by atoms with Gasteiger partial charge in [-0.15, -0.1) is 0 Å². The molecule has 0 aromatic rings. The lowest BCUT2D eigenvalue weighted by Crippen LogP contribution is -2.31. The van der Waals surface area contributed by atoms with Gasteiger partial charge >= 0.3 is 0 Å². The number of carbonyl (C=O) groups is 1. The van der Waals surface area contributed by atoms with E-state index < -0.39 is 0 Å². The minimum atomic E-state index is 0.0642. The van der Waals surface area contributed by atoms with Crippen molar-refractivity contribution in [3.63, 3.8) is 0 Å². The zero-order valence-corrected chi connectivity index (χ0v) is 9.42. The predicted octanol–water partition coefficient (Wildman–Crippen LogP) is 0.106. The summed E-state index contributed by atoms with van der Waals surface area (Å²) < 4.78 is 0. The maximum absolute atomic E-state index is 11.7. The van der Waals surface area contributed by atoms with Gasteiger partial charge in [0.15, 0.2) is 0 Å². The Labute approximate surface area is 86.2 Å². The van der Waals surface area contributed by atoms with Crippen LogP contribution < -0.4 is 5.32 Å². The highest BCUT2D eigenvalue weighted by atomic mass is 16.2. The molecule has 0 bridgehead atoms. The van der Waals surface area contributed by atoms with E-state index in [-0.39, 0.29) is 11.9 Å². The van der Waals surface area contributed by atoms with Crippen molar-refractivity contribution < 1.29 is 4.79 Å². The fraction of sp³-hybridized carbons (Fsp3) is 0.900. The molecule has 0 aromatic heterocycles. The minimum Gasteiger partial charge on any atom is -0.329 e. The van der Waals surface area contributed by atoms with Gasteiger partial charge in [-0.2, -0.15) is 0 Å². The Balaban J connectivity index is 2.23. The SMILES string of the molecule is CCC1NCN(CCCN(C)C)C1=O. The molecule has 0 aliphatic carbocycles. The summed E-state index contributed by atoms with van der Waals surface area (Å²) in [5, 5.41) is 3.21. The molecule has 1 rings (SSSR count). The molecule has 0 spiro atoms. The van der Waals surface area contributed by atoms with Crippen LogP contribution in [0.15, 0.2) is 0 Å². The number of nitrogens with one attached hydrogen (secondary N) is 1. The van der Waals surface area contributed by atoms with Crippen molar-refractivity contribution in [2.45, 2.75) is 25.8 Å². The van der Waals surface area contributed by atoms with Gasteiger partial charge in [0, 0.05) is 6.54 Å². The van der Waals surface area contributed by atoms with Crippen LogP contribution in [0.3, 0.4) is 0 Å². The van der Waals surface area contributed by atoms with Crippen LogP contribution in [0, 0.1) is 0 Å². The number of hydrogen-bond acceptors (Lipinski definition) is 3. The van der Waals surface area contributed by atoms with E-state index in [0.29, 0.717) is 0 Å². The summed E-state index contributed by atoms with van der Waals surface area (Å²) in [5.74, 6) is 0.270. The van der Waals surface area contributed by atoms with Gasteiger partial charge in [-0.1, -0.05) is 6.92 Å². The predicted molar refractivity (Wildman–Crippen MR) is 57.0 cm³/mol. The third kappa shape index (κ3) is 2.96. The van der Waals surface area contributed by atoms with E-state index in [1.165, 1.54) is 0 Å². The number of rotatable bonds is 5. The molecule has 0 aromatic carbocycles. The molecule has 14 heavy (non-hydrogen) atoms. The standard InChI is InChI=1S/C10H21N3O/c1-4-9-10(14)13(8-11-9)7-5-6-12(2)3/h9,11H,4-8H2,1-3H3. The molecule has 4 nitrogen and oxygen atoms in total. The third-order valence-electron chi connectivity index (χ3n) is 2.58. The van der Waals surface area contributed by atoms with Crippen molar-refractivity contribution >= 4 is 5.91 Å². The minimum absolute atomic E-state index is 0.0642. The summed E-state index contributed by atoms with van der Waals surface area (Å²) in [6, 6.07) is 0.0642. The Kier molecular flexibility index (Phi) is 4.35. The molecule has 82 valence electrons. The molecule has 1 amide bonds. The second kappa shape index (κ2) is 5.32. The van der Waals surface area contributed by atoms with Crippen LogP contribution in [0.25, 0.3) is 0 Å². The van der Waals surface area contributed by atoms with Crippen LogP contribution in [0.2, 0.25) is 0 Å². The van der Waals surface area contributed by atoms with E-state index >= 15 is 0 Å². The molecule has 1 atom stereocenters. The average Bonchev–Trinajstić information content (AvgIpc) is 2.47. The van der Waals surface area contributed by atoms with Gasteiger partial charge in [0.05, 0.1) is 12.7 Å². The number of amides is 1. The summed E-state index contributed by atoms with van der Waals surface area (Å²) in [4.78, 5) is 15.7. The Bertz CT molecular complexity index is 194. The molecule has 1 aliphatic rings. The molecule has 0 radical (unpaired) electrons. The summed E-state index contributed by atoms with van der Waals surface area (Å²) >= 11 is 0. The largest absolute Gasteiger partial charge is 0.329 e. The summed E-state index contributed by atoms with van der Waals surface area (Å²) in [6.45, 7) is 4.69. The summed E-state index contributed by atoms with van der Waals surface area (Å²) in [5.41, 5.74) is 0. The Morgan fingerprint density at radius 3 is 2.79 bits per heavy atom. The van der Waals surface area contributed by atoms with Crippen molar-refractivity contribution in [1.82, 2.24) is 15.1 Å². The number of carbonyl (C=O) groups excluding carboxylic acids is 1. The molecule has 1 N–H and O–H groups in total. The van der Waals surface area contributed by atoms with Gasteiger partial charge in [0.2, 0.25) is 5.91 Å². The lowest BCUT2D eigenvalue weighted by atomic mass is 10.2. The monoisotopic (exact) mass is 199 g/mol. The van der Waals surface area contributed by atoms with Gasteiger partial charge in [-0.05, 0) is 33.5 Å². The first-order valence-electron chi connectivity index (χ1n) is 5.32. The number of nitrogens with zero attached hydrogens (tertiary/aromatic N) is 2. The lowest BCUT2D eigenvalue weighted by molar-refractivity contribution is -0.129. The molecule has 1 fully saturated rings. The zero-order valence-electron chi connectivity index (χ0n) is 9.42. The van der Waals surface area contributed by atoms with E-state index in [9.17, 15) is 4.79 Å². The molecule has 1 unspecified atom stereocenters. The van der Waals surface area contributed by atoms with Crippen molar-refractivity contribution in [1.29, 1.82) is 0 Å². The fourth-order valence-electron chi connectivity index (χ4n) is 1.69. The van der Waals surface area contributed by atoms with Gasteiger partial charge in [-0.3, -0.25) is 10.1 Å². The van der Waals surface area contributed by atoms with E-state index in [0.717, 1.165) is 32.6 Å². The molecule has 0 saturated carbocycles. The highest BCUT2D eigenvalue weighted by Crippen LogP contribution is 2.06. The lowest BCUT2D eigenvalue weighted by Gasteiger charge is -2.16. The highest BCUT2D eigenvalue weighted by Gasteiger charge is 2.28. The Hall–Kier alpha value is -0.610. The van der Waals surface area contributed by atoms with Crippen molar-refractivity contribution in [3.8, 4) is 0 Å². The molecule has 4 heteroatoms. The van der Waals surface area contributed by atoms with Gasteiger partial charge in [-0.25, -0.2) is 0 Å². The van der Waals surface area contributed by atoms with Crippen molar-refractivity contribution in [3.05, 3.63) is 0 Å². The normalized spacial score (nSPS) is 22.4. The van der Waals surface area contributed by atoms with Crippen LogP contribution >= 0.6 is 0 Å². The Morgan fingerprint density at radius 1 is 1.57 bits per heavy atom. The molecular formula is C10H21N3O. The van der Waals surface area contributed by atoms with Crippen LogP contribution in [-0.2, 0) is 4.79 Å². The van der Waals surface area contributed by atoms with E-state index in [4.69, 9.17) is 0 Å². The van der Waals surface area contributed by atoms with E-state index in [1.54, 1.807) is 0 Å². The highest BCUT2D eigenvalue weighted by molar-refractivity contribution is 5.83. The molecule has 1 saturated heterocycles. The molecular weight excluding hydrogens is 178 g/mol. The summed E-state index contributed by atoms with van der Waals surface area (Å²) in [6.07, 6.45) is 1.94. The van der Waals surface area contributed by atoms with Gasteiger partial charge in [0.1, 0.15) is 0 Å². The van der Waals surface area contributed by atoms with Gasteiger partial charge in [0.25, 0.3) is 0 Å². The summed E-state index contributed by atoms with van der Waals surface area (Å²) in [7, 11) is 4.11. The quantitative estimate of drug-likeness (QED) is 0.682. The number of hydrogen-bond donors (Lipinski definition) is 1. The Morgan fingerprint density at radius 2 is 2.29 bits per heavy atom.